The van der Waals surface area contributed by atoms with Crippen LogP contribution in [0.4, 0.5) is 34.1 Å². The standard InChI is InChI=1S/C46H32N4OS2/c1-5-13-35(14-6-1)49(36-15-7-2-8-16-36)39-25-21-33(22-26-39)41-29-31-43(52-41)45-47-48-46(51-45)44-32-30-42(53-44)34-23-27-40(28-24-34)50(37-17-9-3-10-18-37)38-19-11-4-12-20-38/h1-32H. The molecule has 0 spiro atoms. The smallest absolute Gasteiger partial charge is 0.258 e. The monoisotopic (exact) mass is 720 g/mol. The Kier molecular flexibility index (Phi) is 8.92. The highest BCUT2D eigenvalue weighted by atomic mass is 32.1. The third-order valence-corrected chi connectivity index (χ3v) is 11.2. The molecule has 0 aliphatic heterocycles. The average molecular weight is 721 g/mol. The maximum Gasteiger partial charge on any atom is 0.258 e. The Balaban J connectivity index is 0.919. The minimum Gasteiger partial charge on any atom is -0.414 e. The highest BCUT2D eigenvalue weighted by Crippen LogP contribution is 2.41. The van der Waals surface area contributed by atoms with E-state index in [1.807, 2.05) is 24.3 Å². The van der Waals surface area contributed by atoms with Gasteiger partial charge >= 0.3 is 0 Å². The Labute approximate surface area is 316 Å². The summed E-state index contributed by atoms with van der Waals surface area (Å²) in [5.74, 6) is 1.04. The fraction of sp³-hybridized carbons (Fsp3) is 0. The number of anilines is 6. The SMILES string of the molecule is c1ccc(N(c2ccccc2)c2ccc(-c3ccc(-c4nnc(-c5ccc(-c6ccc(N(c7ccccc7)c7ccccc7)cc6)s5)o4)s3)cc2)cc1. The van der Waals surface area contributed by atoms with Gasteiger partial charge in [0.15, 0.2) is 0 Å². The minimum absolute atomic E-state index is 0.522. The molecule has 3 heterocycles. The molecule has 0 saturated carbocycles. The molecule has 0 aliphatic rings. The number of nitrogens with zero attached hydrogens (tertiary/aromatic N) is 4. The highest BCUT2D eigenvalue weighted by Gasteiger charge is 2.17. The molecular formula is C46H32N4OS2. The minimum atomic E-state index is 0.522. The van der Waals surface area contributed by atoms with Crippen LogP contribution in [-0.4, -0.2) is 10.2 Å². The molecule has 254 valence electrons. The van der Waals surface area contributed by atoms with E-state index in [0.29, 0.717) is 11.8 Å². The van der Waals surface area contributed by atoms with Crippen molar-refractivity contribution in [3.63, 3.8) is 0 Å². The lowest BCUT2D eigenvalue weighted by atomic mass is 10.1. The largest absolute Gasteiger partial charge is 0.414 e. The Morgan fingerprint density at radius 2 is 0.585 bits per heavy atom. The number of para-hydroxylation sites is 4. The molecule has 0 aliphatic carbocycles. The van der Waals surface area contributed by atoms with Crippen molar-refractivity contribution in [3.05, 3.63) is 194 Å². The molecule has 0 atom stereocenters. The first-order valence-electron chi connectivity index (χ1n) is 17.3. The third kappa shape index (κ3) is 6.79. The number of hydrogen-bond donors (Lipinski definition) is 0. The quantitative estimate of drug-likeness (QED) is 0.141. The van der Waals surface area contributed by atoms with E-state index in [1.165, 1.54) is 0 Å². The van der Waals surface area contributed by atoms with Gasteiger partial charge in [-0.05, 0) is 108 Å². The highest BCUT2D eigenvalue weighted by molar-refractivity contribution is 7.19. The summed E-state index contributed by atoms with van der Waals surface area (Å²) in [5.41, 5.74) is 8.91. The summed E-state index contributed by atoms with van der Waals surface area (Å²) in [6.45, 7) is 0. The van der Waals surface area contributed by atoms with Crippen molar-refractivity contribution in [2.24, 2.45) is 0 Å². The van der Waals surface area contributed by atoms with Gasteiger partial charge in [-0.1, -0.05) is 97.1 Å². The fourth-order valence-corrected chi connectivity index (χ4v) is 8.26. The van der Waals surface area contributed by atoms with Crippen LogP contribution in [0.5, 0.6) is 0 Å². The van der Waals surface area contributed by atoms with Crippen molar-refractivity contribution in [3.8, 4) is 42.4 Å². The first kappa shape index (κ1) is 32.4. The summed E-state index contributed by atoms with van der Waals surface area (Å²) >= 11 is 3.29. The van der Waals surface area contributed by atoms with Crippen LogP contribution in [0.15, 0.2) is 199 Å². The Morgan fingerprint density at radius 3 is 0.906 bits per heavy atom. The van der Waals surface area contributed by atoms with Crippen LogP contribution in [0, 0.1) is 0 Å². The van der Waals surface area contributed by atoms with Gasteiger partial charge in [0.05, 0.1) is 9.75 Å². The molecule has 0 saturated heterocycles. The normalized spacial score (nSPS) is 11.0. The van der Waals surface area contributed by atoms with E-state index in [4.69, 9.17) is 4.42 Å². The molecule has 0 bridgehead atoms. The summed E-state index contributed by atoms with van der Waals surface area (Å²) in [7, 11) is 0. The van der Waals surface area contributed by atoms with Crippen LogP contribution in [0.25, 0.3) is 42.4 Å². The van der Waals surface area contributed by atoms with E-state index in [0.717, 1.165) is 64.8 Å². The maximum atomic E-state index is 6.24. The lowest BCUT2D eigenvalue weighted by Gasteiger charge is -2.25. The van der Waals surface area contributed by atoms with Crippen molar-refractivity contribution >= 4 is 56.8 Å². The number of rotatable bonds is 10. The van der Waals surface area contributed by atoms with Gasteiger partial charge < -0.3 is 14.2 Å². The molecule has 5 nitrogen and oxygen atoms in total. The molecule has 3 aromatic heterocycles. The van der Waals surface area contributed by atoms with Gasteiger partial charge in [-0.25, -0.2) is 0 Å². The third-order valence-electron chi connectivity index (χ3n) is 8.94. The van der Waals surface area contributed by atoms with Crippen molar-refractivity contribution in [1.82, 2.24) is 10.2 Å². The van der Waals surface area contributed by atoms with Gasteiger partial charge in [-0.3, -0.25) is 0 Å². The van der Waals surface area contributed by atoms with Gasteiger partial charge in [-0.15, -0.1) is 32.9 Å². The molecule has 0 amide bonds. The average Bonchev–Trinajstić information content (AvgIpc) is 4.03. The molecule has 53 heavy (non-hydrogen) atoms. The van der Waals surface area contributed by atoms with Gasteiger partial charge in [0.1, 0.15) is 0 Å². The molecule has 0 unspecified atom stereocenters. The van der Waals surface area contributed by atoms with E-state index in [-0.39, 0.29) is 0 Å². The van der Waals surface area contributed by atoms with Crippen LogP contribution < -0.4 is 9.80 Å². The lowest BCUT2D eigenvalue weighted by molar-refractivity contribution is 0.587. The molecule has 0 fully saturated rings. The molecule has 7 heteroatoms. The zero-order valence-corrected chi connectivity index (χ0v) is 30.1. The van der Waals surface area contributed by atoms with E-state index in [9.17, 15) is 0 Å². The second kappa shape index (κ2) is 14.6. The van der Waals surface area contributed by atoms with Gasteiger partial charge in [0.25, 0.3) is 11.8 Å². The van der Waals surface area contributed by atoms with Crippen molar-refractivity contribution in [2.75, 3.05) is 9.80 Å². The molecule has 6 aromatic carbocycles. The zero-order chi connectivity index (χ0) is 35.4. The molecule has 9 aromatic rings. The Morgan fingerprint density at radius 1 is 0.302 bits per heavy atom. The van der Waals surface area contributed by atoms with Crippen LogP contribution >= 0.6 is 22.7 Å². The van der Waals surface area contributed by atoms with Crippen molar-refractivity contribution in [2.45, 2.75) is 0 Å². The van der Waals surface area contributed by atoms with Crippen LogP contribution in [0.2, 0.25) is 0 Å². The van der Waals surface area contributed by atoms with Crippen LogP contribution in [0.3, 0.4) is 0 Å². The molecule has 0 radical (unpaired) electrons. The van der Waals surface area contributed by atoms with E-state index >= 15 is 0 Å². The summed E-state index contributed by atoms with van der Waals surface area (Å²) in [6.07, 6.45) is 0. The number of aromatic nitrogens is 2. The maximum absolute atomic E-state index is 6.24. The number of benzene rings is 6. The zero-order valence-electron chi connectivity index (χ0n) is 28.5. The van der Waals surface area contributed by atoms with Gasteiger partial charge in [0, 0.05) is 43.9 Å². The second-order valence-corrected chi connectivity index (χ2v) is 14.5. The Hall–Kier alpha value is -6.54. The van der Waals surface area contributed by atoms with E-state index < -0.39 is 0 Å². The summed E-state index contributed by atoms with van der Waals surface area (Å²) in [6, 6.07) is 67.5. The first-order chi connectivity index (χ1) is 26.3. The van der Waals surface area contributed by atoms with Crippen molar-refractivity contribution in [1.29, 1.82) is 0 Å². The van der Waals surface area contributed by atoms with Gasteiger partial charge in [0.2, 0.25) is 0 Å². The molecular weight excluding hydrogens is 689 g/mol. The van der Waals surface area contributed by atoms with Crippen LogP contribution in [0.1, 0.15) is 0 Å². The molecule has 9 rings (SSSR count). The topological polar surface area (TPSA) is 45.4 Å². The summed E-state index contributed by atoms with van der Waals surface area (Å²) in [4.78, 5) is 8.67. The molecule has 0 N–H and O–H groups in total. The summed E-state index contributed by atoms with van der Waals surface area (Å²) < 4.78 is 6.24. The fourth-order valence-electron chi connectivity index (χ4n) is 6.39. The Bertz CT molecular complexity index is 2290. The number of hydrogen-bond acceptors (Lipinski definition) is 7. The predicted molar refractivity (Wildman–Crippen MR) is 221 cm³/mol. The summed E-state index contributed by atoms with van der Waals surface area (Å²) in [5, 5.41) is 8.87. The van der Waals surface area contributed by atoms with Crippen molar-refractivity contribution < 1.29 is 4.42 Å². The van der Waals surface area contributed by atoms with E-state index in [1.54, 1.807) is 22.7 Å². The van der Waals surface area contributed by atoms with E-state index in [2.05, 4.69) is 190 Å². The lowest BCUT2D eigenvalue weighted by Crippen LogP contribution is -2.09. The second-order valence-electron chi connectivity index (χ2n) is 12.3. The predicted octanol–water partition coefficient (Wildman–Crippen LogP) is 13.8. The number of thiophene rings is 2. The first-order valence-corrected chi connectivity index (χ1v) is 19.0. The van der Waals surface area contributed by atoms with Crippen LogP contribution in [-0.2, 0) is 0 Å². The van der Waals surface area contributed by atoms with Gasteiger partial charge in [-0.2, -0.15) is 0 Å².